The summed E-state index contributed by atoms with van der Waals surface area (Å²) in [5.74, 6) is -0.222. The second-order valence-electron chi connectivity index (χ2n) is 7.59. The number of piperidine rings is 1. The normalized spacial score (nSPS) is 17.0. The van der Waals surface area contributed by atoms with Gasteiger partial charge in [0.25, 0.3) is 5.91 Å². The number of rotatable bonds is 5. The third-order valence-corrected chi connectivity index (χ3v) is 7.01. The smallest absolute Gasteiger partial charge is 0.255 e. The zero-order valence-electron chi connectivity index (χ0n) is 16.8. The number of anilines is 1. The third-order valence-electron chi connectivity index (χ3n) is 5.43. The Kier molecular flexibility index (Phi) is 5.85. The minimum Gasteiger partial charge on any atom is -0.321 e. The van der Waals surface area contributed by atoms with Crippen molar-refractivity contribution in [3.8, 4) is 0 Å². The molecule has 1 atom stereocenters. The molecule has 1 aliphatic rings. The van der Waals surface area contributed by atoms with Gasteiger partial charge < -0.3 is 10.6 Å². The number of sulfonamides is 1. The van der Waals surface area contributed by atoms with E-state index in [1.54, 1.807) is 30.3 Å². The first-order valence-corrected chi connectivity index (χ1v) is 11.6. The van der Waals surface area contributed by atoms with Gasteiger partial charge >= 0.3 is 0 Å². The van der Waals surface area contributed by atoms with E-state index in [0.29, 0.717) is 28.6 Å². The van der Waals surface area contributed by atoms with Crippen LogP contribution in [0, 0.1) is 6.92 Å². The van der Waals surface area contributed by atoms with E-state index in [4.69, 9.17) is 0 Å². The van der Waals surface area contributed by atoms with E-state index in [2.05, 4.69) is 15.4 Å². The van der Waals surface area contributed by atoms with E-state index in [0.717, 1.165) is 24.9 Å². The number of amides is 1. The summed E-state index contributed by atoms with van der Waals surface area (Å²) >= 11 is 0. The van der Waals surface area contributed by atoms with Gasteiger partial charge in [-0.25, -0.2) is 13.1 Å². The summed E-state index contributed by atoms with van der Waals surface area (Å²) in [6.07, 6.45) is 1.76. The fourth-order valence-corrected chi connectivity index (χ4v) is 5.35. The Morgan fingerprint density at radius 1 is 1.00 bits per heavy atom. The third kappa shape index (κ3) is 4.23. The SMILES string of the molecule is Cc1ccccc1C(=O)Nc1ccc(S(=O)(=O)NC2CCCNC2)c2ccccc12. The van der Waals surface area contributed by atoms with Crippen molar-refractivity contribution in [2.45, 2.75) is 30.7 Å². The Labute approximate surface area is 176 Å². The second-order valence-corrected chi connectivity index (χ2v) is 9.27. The molecule has 3 aromatic carbocycles. The molecule has 0 saturated carbocycles. The molecule has 1 amide bonds. The highest BCUT2D eigenvalue weighted by Gasteiger charge is 2.24. The lowest BCUT2D eigenvalue weighted by atomic mass is 10.1. The van der Waals surface area contributed by atoms with Crippen LogP contribution >= 0.6 is 0 Å². The Morgan fingerprint density at radius 3 is 2.47 bits per heavy atom. The average molecular weight is 424 g/mol. The first-order valence-electron chi connectivity index (χ1n) is 10.1. The second kappa shape index (κ2) is 8.55. The van der Waals surface area contributed by atoms with Crippen molar-refractivity contribution in [1.29, 1.82) is 0 Å². The molecule has 3 N–H and O–H groups in total. The van der Waals surface area contributed by atoms with E-state index < -0.39 is 10.0 Å². The van der Waals surface area contributed by atoms with Crippen LogP contribution in [0.25, 0.3) is 10.8 Å². The van der Waals surface area contributed by atoms with Crippen molar-refractivity contribution in [2.75, 3.05) is 18.4 Å². The molecular weight excluding hydrogens is 398 g/mol. The van der Waals surface area contributed by atoms with Gasteiger partial charge in [0.15, 0.2) is 0 Å². The molecule has 3 aromatic rings. The minimum absolute atomic E-state index is 0.122. The molecular formula is C23H25N3O3S. The first-order chi connectivity index (χ1) is 14.5. The van der Waals surface area contributed by atoms with Crippen molar-refractivity contribution < 1.29 is 13.2 Å². The van der Waals surface area contributed by atoms with E-state index in [-0.39, 0.29) is 16.8 Å². The molecule has 0 aliphatic carbocycles. The van der Waals surface area contributed by atoms with Crippen LogP contribution in [0.1, 0.15) is 28.8 Å². The Morgan fingerprint density at radius 2 is 1.73 bits per heavy atom. The first kappa shape index (κ1) is 20.5. The summed E-state index contributed by atoms with van der Waals surface area (Å²) in [6, 6.07) is 17.7. The highest BCUT2D eigenvalue weighted by molar-refractivity contribution is 7.89. The number of fused-ring (bicyclic) bond motifs is 1. The van der Waals surface area contributed by atoms with E-state index >= 15 is 0 Å². The largest absolute Gasteiger partial charge is 0.321 e. The predicted molar refractivity (Wildman–Crippen MR) is 119 cm³/mol. The van der Waals surface area contributed by atoms with Crippen molar-refractivity contribution in [1.82, 2.24) is 10.0 Å². The molecule has 7 heteroatoms. The number of hydrogen-bond donors (Lipinski definition) is 3. The van der Waals surface area contributed by atoms with Crippen molar-refractivity contribution in [2.24, 2.45) is 0 Å². The van der Waals surface area contributed by atoms with Crippen LogP contribution in [0.3, 0.4) is 0 Å². The predicted octanol–water partition coefficient (Wildman–Crippen LogP) is 3.43. The molecule has 6 nitrogen and oxygen atoms in total. The molecule has 0 aromatic heterocycles. The minimum atomic E-state index is -3.69. The summed E-state index contributed by atoms with van der Waals surface area (Å²) in [4.78, 5) is 13.0. The fraction of sp³-hybridized carbons (Fsp3) is 0.261. The van der Waals surface area contributed by atoms with Gasteiger partial charge in [-0.15, -0.1) is 0 Å². The number of carbonyl (C=O) groups excluding carboxylic acids is 1. The van der Waals surface area contributed by atoms with E-state index in [9.17, 15) is 13.2 Å². The molecule has 0 spiro atoms. The van der Waals surface area contributed by atoms with Crippen molar-refractivity contribution in [3.63, 3.8) is 0 Å². The van der Waals surface area contributed by atoms with Gasteiger partial charge in [-0.1, -0.05) is 42.5 Å². The summed E-state index contributed by atoms with van der Waals surface area (Å²) in [5.41, 5.74) is 2.05. The molecule has 1 saturated heterocycles. The van der Waals surface area contributed by atoms with Crippen molar-refractivity contribution in [3.05, 3.63) is 71.8 Å². The lowest BCUT2D eigenvalue weighted by Gasteiger charge is -2.24. The van der Waals surface area contributed by atoms with Gasteiger partial charge in [0.05, 0.1) is 4.90 Å². The molecule has 156 valence electrons. The molecule has 0 radical (unpaired) electrons. The van der Waals surface area contributed by atoms with Gasteiger partial charge in [0.2, 0.25) is 10.0 Å². The lowest BCUT2D eigenvalue weighted by molar-refractivity contribution is 0.102. The quantitative estimate of drug-likeness (QED) is 0.587. The zero-order valence-corrected chi connectivity index (χ0v) is 17.6. The Hall–Kier alpha value is -2.74. The zero-order chi connectivity index (χ0) is 21.1. The lowest BCUT2D eigenvalue weighted by Crippen LogP contribution is -2.45. The summed E-state index contributed by atoms with van der Waals surface area (Å²) in [6.45, 7) is 3.42. The van der Waals surface area contributed by atoms with Gasteiger partial charge in [-0.05, 0) is 50.1 Å². The highest BCUT2D eigenvalue weighted by atomic mass is 32.2. The molecule has 1 aliphatic heterocycles. The summed E-state index contributed by atoms with van der Waals surface area (Å²) in [5, 5.41) is 7.42. The van der Waals surface area contributed by atoms with Crippen molar-refractivity contribution >= 4 is 32.4 Å². The van der Waals surface area contributed by atoms with Crippen LogP contribution in [-0.4, -0.2) is 33.5 Å². The maximum Gasteiger partial charge on any atom is 0.255 e. The summed E-state index contributed by atoms with van der Waals surface area (Å²) in [7, 11) is -3.69. The number of carbonyl (C=O) groups is 1. The maximum absolute atomic E-state index is 13.1. The molecule has 0 bridgehead atoms. The molecule has 1 unspecified atom stereocenters. The van der Waals surface area contributed by atoms with Gasteiger partial charge in [0, 0.05) is 34.6 Å². The molecule has 4 rings (SSSR count). The van der Waals surface area contributed by atoms with Gasteiger partial charge in [-0.2, -0.15) is 0 Å². The number of benzene rings is 3. The molecule has 1 heterocycles. The van der Waals surface area contributed by atoms with E-state index in [1.165, 1.54) is 0 Å². The van der Waals surface area contributed by atoms with Crippen LogP contribution in [0.5, 0.6) is 0 Å². The highest BCUT2D eigenvalue weighted by Crippen LogP contribution is 2.30. The van der Waals surface area contributed by atoms with Crippen LogP contribution in [0.4, 0.5) is 5.69 Å². The van der Waals surface area contributed by atoms with Gasteiger partial charge in [-0.3, -0.25) is 4.79 Å². The molecule has 30 heavy (non-hydrogen) atoms. The van der Waals surface area contributed by atoms with E-state index in [1.807, 2.05) is 37.3 Å². The van der Waals surface area contributed by atoms with Crippen LogP contribution < -0.4 is 15.4 Å². The Bertz CT molecular complexity index is 1190. The number of nitrogens with one attached hydrogen (secondary N) is 3. The van der Waals surface area contributed by atoms with Gasteiger partial charge in [0.1, 0.15) is 0 Å². The maximum atomic E-state index is 13.1. The Balaban J connectivity index is 1.68. The number of hydrogen-bond acceptors (Lipinski definition) is 4. The summed E-state index contributed by atoms with van der Waals surface area (Å²) < 4.78 is 29.0. The topological polar surface area (TPSA) is 87.3 Å². The standard InChI is InChI=1S/C23H25N3O3S/c1-16-7-2-3-9-18(16)23(27)25-21-12-13-22(20-11-5-4-10-19(20)21)30(28,29)26-17-8-6-14-24-15-17/h2-5,7,9-13,17,24,26H,6,8,14-15H2,1H3,(H,25,27). The van der Waals surface area contributed by atoms with Crippen LogP contribution in [0.15, 0.2) is 65.6 Å². The average Bonchev–Trinajstić information content (AvgIpc) is 2.74. The fourth-order valence-electron chi connectivity index (χ4n) is 3.87. The van der Waals surface area contributed by atoms with Crippen LogP contribution in [0.2, 0.25) is 0 Å². The molecule has 1 fully saturated rings. The number of aryl methyl sites for hydroxylation is 1. The van der Waals surface area contributed by atoms with Crippen LogP contribution in [-0.2, 0) is 10.0 Å². The monoisotopic (exact) mass is 423 g/mol.